The normalized spacial score (nSPS) is 18.5. The molecule has 194 valence electrons. The summed E-state index contributed by atoms with van der Waals surface area (Å²) in [6.07, 6.45) is -3.89. The van der Waals surface area contributed by atoms with Crippen LogP contribution in [0.1, 0.15) is 34.2 Å². The third kappa shape index (κ3) is 4.48. The van der Waals surface area contributed by atoms with E-state index in [1.807, 2.05) is 0 Å². The van der Waals surface area contributed by atoms with Crippen LogP contribution in [0, 0.1) is 12.7 Å². The molecule has 0 radical (unpaired) electrons. The quantitative estimate of drug-likeness (QED) is 0.431. The highest BCUT2D eigenvalue weighted by molar-refractivity contribution is 5.95. The molecule has 37 heavy (non-hydrogen) atoms. The van der Waals surface area contributed by atoms with E-state index in [0.29, 0.717) is 0 Å². The lowest BCUT2D eigenvalue weighted by molar-refractivity contribution is -0.265. The standard InChI is InChI=1S/C25H22F4N4O4/c1-13-16(4-3-9-31-13)21(34)32-11-24(36,25(27,28)29)18-10-17-20(37-12-23(17,2)22(30)35)19(33-18)14-5-7-15(26)8-6-14/h3-10,36H,11-12H2,1-2H3,(H2,30,35)(H,32,34)/t23-,24?/m0/s1. The van der Waals surface area contributed by atoms with E-state index in [0.717, 1.165) is 18.2 Å². The number of alkyl halides is 3. The summed E-state index contributed by atoms with van der Waals surface area (Å²) < 4.78 is 62.3. The number of carbonyl (C=O) groups is 2. The fourth-order valence-electron chi connectivity index (χ4n) is 3.97. The minimum atomic E-state index is -5.31. The summed E-state index contributed by atoms with van der Waals surface area (Å²) >= 11 is 0. The van der Waals surface area contributed by atoms with Crippen molar-refractivity contribution in [2.75, 3.05) is 13.2 Å². The molecule has 1 unspecified atom stereocenters. The second-order valence-corrected chi connectivity index (χ2v) is 8.90. The monoisotopic (exact) mass is 518 g/mol. The van der Waals surface area contributed by atoms with Crippen molar-refractivity contribution in [3.05, 3.63) is 77.0 Å². The molecular formula is C25H22F4N4O4. The van der Waals surface area contributed by atoms with Crippen LogP contribution in [-0.2, 0) is 15.8 Å². The average Bonchev–Trinajstić information content (AvgIpc) is 3.20. The topological polar surface area (TPSA) is 127 Å². The van der Waals surface area contributed by atoms with Gasteiger partial charge in [-0.15, -0.1) is 0 Å². The number of halogens is 4. The molecule has 4 N–H and O–H groups in total. The number of benzene rings is 1. The fraction of sp³-hybridized carbons (Fsp3) is 0.280. The van der Waals surface area contributed by atoms with Crippen molar-refractivity contribution in [2.45, 2.75) is 31.0 Å². The van der Waals surface area contributed by atoms with Gasteiger partial charge < -0.3 is 20.9 Å². The highest BCUT2D eigenvalue weighted by atomic mass is 19.4. The maximum absolute atomic E-state index is 14.4. The van der Waals surface area contributed by atoms with Crippen molar-refractivity contribution < 1.29 is 37.0 Å². The molecule has 1 aliphatic heterocycles. The number of fused-ring (bicyclic) bond motifs is 1. The highest BCUT2D eigenvalue weighted by Gasteiger charge is 2.57. The van der Waals surface area contributed by atoms with Crippen molar-refractivity contribution in [2.24, 2.45) is 5.73 Å². The van der Waals surface area contributed by atoms with E-state index >= 15 is 0 Å². The minimum Gasteiger partial charge on any atom is -0.489 e. The van der Waals surface area contributed by atoms with Crippen molar-refractivity contribution in [1.29, 1.82) is 0 Å². The molecule has 0 spiro atoms. The summed E-state index contributed by atoms with van der Waals surface area (Å²) in [6.45, 7) is 1.32. The SMILES string of the molecule is Cc1ncccc1C(=O)NCC(O)(c1cc2c(c(-c3ccc(F)cc3)n1)OC[C@]2(C)C(N)=O)C(F)(F)F. The zero-order valence-electron chi connectivity index (χ0n) is 19.7. The fourth-order valence-corrected chi connectivity index (χ4v) is 3.97. The van der Waals surface area contributed by atoms with Crippen LogP contribution in [0.3, 0.4) is 0 Å². The number of aryl methyl sites for hydroxylation is 1. The predicted octanol–water partition coefficient (Wildman–Crippen LogP) is 2.91. The molecule has 2 amide bonds. The minimum absolute atomic E-state index is 0.0174. The van der Waals surface area contributed by atoms with Gasteiger partial charge in [0.1, 0.15) is 29.3 Å². The summed E-state index contributed by atoms with van der Waals surface area (Å²) in [5.41, 5.74) is -0.287. The Hall–Kier alpha value is -4.06. The number of hydrogen-bond acceptors (Lipinski definition) is 6. The van der Waals surface area contributed by atoms with Crippen molar-refractivity contribution in [1.82, 2.24) is 15.3 Å². The smallest absolute Gasteiger partial charge is 0.424 e. The van der Waals surface area contributed by atoms with Gasteiger partial charge in [0.25, 0.3) is 5.91 Å². The molecule has 0 aliphatic carbocycles. The van der Waals surface area contributed by atoms with E-state index < -0.39 is 47.1 Å². The Bertz CT molecular complexity index is 1380. The first kappa shape index (κ1) is 26.0. The van der Waals surface area contributed by atoms with Gasteiger partial charge in [0, 0.05) is 23.0 Å². The first-order valence-corrected chi connectivity index (χ1v) is 11.0. The number of aliphatic hydroxyl groups is 1. The number of rotatable bonds is 6. The molecule has 0 saturated carbocycles. The number of carbonyl (C=O) groups excluding carboxylic acids is 2. The van der Waals surface area contributed by atoms with Crippen LogP contribution in [0.15, 0.2) is 48.7 Å². The second kappa shape index (κ2) is 9.11. The van der Waals surface area contributed by atoms with E-state index in [1.54, 1.807) is 0 Å². The van der Waals surface area contributed by atoms with Gasteiger partial charge in [-0.05, 0) is 56.3 Å². The van der Waals surface area contributed by atoms with Crippen LogP contribution in [-0.4, -0.2) is 46.2 Å². The highest BCUT2D eigenvalue weighted by Crippen LogP contribution is 2.47. The zero-order valence-corrected chi connectivity index (χ0v) is 19.7. The Balaban J connectivity index is 1.86. The van der Waals surface area contributed by atoms with Crippen molar-refractivity contribution in [3.8, 4) is 17.0 Å². The van der Waals surface area contributed by atoms with Crippen LogP contribution in [0.2, 0.25) is 0 Å². The van der Waals surface area contributed by atoms with Gasteiger partial charge in [0.05, 0.1) is 17.8 Å². The van der Waals surface area contributed by atoms with Crippen LogP contribution >= 0.6 is 0 Å². The van der Waals surface area contributed by atoms with Gasteiger partial charge in [-0.3, -0.25) is 14.6 Å². The molecule has 8 nitrogen and oxygen atoms in total. The summed E-state index contributed by atoms with van der Waals surface area (Å²) in [6, 6.07) is 8.40. The predicted molar refractivity (Wildman–Crippen MR) is 123 cm³/mol. The number of nitrogens with two attached hydrogens (primary N) is 1. The number of primary amides is 1. The second-order valence-electron chi connectivity index (χ2n) is 8.90. The Morgan fingerprint density at radius 1 is 1.22 bits per heavy atom. The molecule has 1 aliphatic rings. The molecular weight excluding hydrogens is 496 g/mol. The summed E-state index contributed by atoms with van der Waals surface area (Å²) in [7, 11) is 0. The molecule has 3 aromatic rings. The van der Waals surface area contributed by atoms with E-state index in [2.05, 4.69) is 15.3 Å². The number of aromatic nitrogens is 2. The first-order chi connectivity index (χ1) is 17.3. The number of amides is 2. The van der Waals surface area contributed by atoms with Gasteiger partial charge in [0.2, 0.25) is 11.5 Å². The summed E-state index contributed by atoms with van der Waals surface area (Å²) in [4.78, 5) is 32.8. The van der Waals surface area contributed by atoms with Gasteiger partial charge in [-0.1, -0.05) is 0 Å². The molecule has 0 bridgehead atoms. The summed E-state index contributed by atoms with van der Waals surface area (Å²) in [5.74, 6) is -2.38. The van der Waals surface area contributed by atoms with E-state index in [9.17, 15) is 32.3 Å². The number of nitrogens with one attached hydrogen (secondary N) is 1. The molecule has 3 heterocycles. The van der Waals surface area contributed by atoms with Gasteiger partial charge in [-0.25, -0.2) is 9.37 Å². The first-order valence-electron chi connectivity index (χ1n) is 11.0. The molecule has 2 aromatic heterocycles. The van der Waals surface area contributed by atoms with Crippen molar-refractivity contribution >= 4 is 11.8 Å². The third-order valence-corrected chi connectivity index (χ3v) is 6.38. The number of ether oxygens (including phenoxy) is 1. The molecule has 12 heteroatoms. The maximum atomic E-state index is 14.4. The van der Waals surface area contributed by atoms with Crippen LogP contribution < -0.4 is 15.8 Å². The molecule has 4 rings (SSSR count). The number of nitrogens with zero attached hydrogens (tertiary/aromatic N) is 2. The Kier molecular flexibility index (Phi) is 6.40. The van der Waals surface area contributed by atoms with Crippen LogP contribution in [0.4, 0.5) is 17.6 Å². The average molecular weight is 518 g/mol. The lowest BCUT2D eigenvalue weighted by Gasteiger charge is -2.31. The van der Waals surface area contributed by atoms with Gasteiger partial charge >= 0.3 is 6.18 Å². The van der Waals surface area contributed by atoms with Crippen molar-refractivity contribution in [3.63, 3.8) is 0 Å². The van der Waals surface area contributed by atoms with Crippen LogP contribution in [0.5, 0.6) is 5.75 Å². The lowest BCUT2D eigenvalue weighted by Crippen LogP contribution is -2.52. The molecule has 0 saturated heterocycles. The summed E-state index contributed by atoms with van der Waals surface area (Å²) in [5, 5.41) is 13.1. The van der Waals surface area contributed by atoms with E-state index in [-0.39, 0.29) is 40.4 Å². The largest absolute Gasteiger partial charge is 0.489 e. The maximum Gasteiger partial charge on any atom is 0.424 e. The Morgan fingerprint density at radius 2 is 1.89 bits per heavy atom. The van der Waals surface area contributed by atoms with E-state index in [1.165, 1.54) is 44.3 Å². The third-order valence-electron chi connectivity index (χ3n) is 6.38. The van der Waals surface area contributed by atoms with E-state index in [4.69, 9.17) is 10.5 Å². The van der Waals surface area contributed by atoms with Gasteiger partial charge in [-0.2, -0.15) is 13.2 Å². The number of pyridine rings is 2. The lowest BCUT2D eigenvalue weighted by atomic mass is 9.81. The molecule has 1 aromatic carbocycles. The molecule has 0 fully saturated rings. The van der Waals surface area contributed by atoms with Crippen LogP contribution in [0.25, 0.3) is 11.3 Å². The number of hydrogen-bond donors (Lipinski definition) is 3. The molecule has 2 atom stereocenters. The Labute approximate surface area is 208 Å². The Morgan fingerprint density at radius 3 is 2.49 bits per heavy atom. The zero-order chi connectivity index (χ0) is 27.2. The van der Waals surface area contributed by atoms with Gasteiger partial charge in [0.15, 0.2) is 0 Å².